The van der Waals surface area contributed by atoms with E-state index in [1.54, 1.807) is 0 Å². The second kappa shape index (κ2) is 6.83. The molecular formula is C21H13BrF3NOS. The van der Waals surface area contributed by atoms with E-state index in [-0.39, 0.29) is 26.4 Å². The van der Waals surface area contributed by atoms with Crippen molar-refractivity contribution in [3.63, 3.8) is 0 Å². The van der Waals surface area contributed by atoms with Crippen LogP contribution >= 0.6 is 27.3 Å². The second-order valence-corrected chi connectivity index (χ2v) is 8.14. The first-order valence-electron chi connectivity index (χ1n) is 8.24. The Morgan fingerprint density at radius 2 is 1.68 bits per heavy atom. The number of anilines is 1. The maximum Gasteiger partial charge on any atom is 0.417 e. The maximum absolute atomic E-state index is 13.3. The van der Waals surface area contributed by atoms with Gasteiger partial charge in [0, 0.05) is 10.0 Å². The van der Waals surface area contributed by atoms with Crippen molar-refractivity contribution in [3.05, 3.63) is 70.7 Å². The Morgan fingerprint density at radius 1 is 0.964 bits per heavy atom. The Morgan fingerprint density at radius 3 is 2.43 bits per heavy atom. The SMILES string of the molecule is Nc1sc(-c2cccc3ccccc23)c(O)c1-c1ccc(Br)c(C(F)(F)F)c1. The van der Waals surface area contributed by atoms with Gasteiger partial charge in [-0.25, -0.2) is 0 Å². The third-order valence-electron chi connectivity index (χ3n) is 4.50. The lowest BCUT2D eigenvalue weighted by Crippen LogP contribution is -2.06. The summed E-state index contributed by atoms with van der Waals surface area (Å²) in [7, 11) is 0. The zero-order valence-electron chi connectivity index (χ0n) is 14.2. The maximum atomic E-state index is 13.3. The molecule has 0 aliphatic carbocycles. The topological polar surface area (TPSA) is 46.2 Å². The van der Waals surface area contributed by atoms with E-state index in [0.29, 0.717) is 4.88 Å². The lowest BCUT2D eigenvalue weighted by Gasteiger charge is -2.11. The van der Waals surface area contributed by atoms with Gasteiger partial charge in [0.1, 0.15) is 5.75 Å². The molecule has 28 heavy (non-hydrogen) atoms. The molecule has 1 aromatic heterocycles. The molecule has 7 heteroatoms. The number of fused-ring (bicyclic) bond motifs is 1. The van der Waals surface area contributed by atoms with Gasteiger partial charge in [0.25, 0.3) is 0 Å². The van der Waals surface area contributed by atoms with Crippen LogP contribution in [0.4, 0.5) is 18.2 Å². The van der Waals surface area contributed by atoms with Crippen LogP contribution in [0.1, 0.15) is 5.56 Å². The smallest absolute Gasteiger partial charge is 0.417 e. The third kappa shape index (κ3) is 3.14. The molecule has 0 aliphatic rings. The number of nitrogen functional groups attached to an aromatic ring is 1. The van der Waals surface area contributed by atoms with E-state index in [2.05, 4.69) is 15.9 Å². The van der Waals surface area contributed by atoms with Crippen molar-refractivity contribution in [2.24, 2.45) is 0 Å². The zero-order chi connectivity index (χ0) is 20.1. The average Bonchev–Trinajstić information content (AvgIpc) is 2.95. The Bertz CT molecular complexity index is 1190. The molecule has 0 fully saturated rings. The number of benzene rings is 3. The Balaban J connectivity index is 1.92. The fraction of sp³-hybridized carbons (Fsp3) is 0.0476. The summed E-state index contributed by atoms with van der Waals surface area (Å²) < 4.78 is 39.7. The predicted molar refractivity (Wildman–Crippen MR) is 111 cm³/mol. The number of aromatic hydroxyl groups is 1. The van der Waals surface area contributed by atoms with Crippen LogP contribution < -0.4 is 5.73 Å². The molecule has 1 heterocycles. The highest BCUT2D eigenvalue weighted by Gasteiger charge is 2.34. The molecule has 3 N–H and O–H groups in total. The molecule has 0 amide bonds. The van der Waals surface area contributed by atoms with Crippen LogP contribution in [0.2, 0.25) is 0 Å². The normalized spacial score (nSPS) is 11.9. The Hall–Kier alpha value is -2.51. The number of hydrogen-bond acceptors (Lipinski definition) is 3. The van der Waals surface area contributed by atoms with Crippen LogP contribution in [0.25, 0.3) is 32.3 Å². The molecule has 0 atom stereocenters. The van der Waals surface area contributed by atoms with E-state index in [4.69, 9.17) is 5.73 Å². The minimum atomic E-state index is -4.52. The fourth-order valence-electron chi connectivity index (χ4n) is 3.22. The minimum absolute atomic E-state index is 0.0636. The van der Waals surface area contributed by atoms with Gasteiger partial charge in [0.05, 0.1) is 21.0 Å². The van der Waals surface area contributed by atoms with Gasteiger partial charge < -0.3 is 10.8 Å². The zero-order valence-corrected chi connectivity index (χ0v) is 16.6. The highest BCUT2D eigenvalue weighted by atomic mass is 79.9. The van der Waals surface area contributed by atoms with Crippen LogP contribution in [0.5, 0.6) is 5.75 Å². The van der Waals surface area contributed by atoms with Gasteiger partial charge >= 0.3 is 6.18 Å². The van der Waals surface area contributed by atoms with Crippen molar-refractivity contribution >= 4 is 43.0 Å². The lowest BCUT2D eigenvalue weighted by atomic mass is 10.00. The Kier molecular flexibility index (Phi) is 4.59. The predicted octanol–water partition coefficient (Wildman–Crippen LogP) is 7.30. The number of thiophene rings is 1. The number of hydrogen-bond donors (Lipinski definition) is 2. The molecule has 0 bridgehead atoms. The highest BCUT2D eigenvalue weighted by molar-refractivity contribution is 9.10. The summed E-state index contributed by atoms with van der Waals surface area (Å²) >= 11 is 4.09. The van der Waals surface area contributed by atoms with Gasteiger partial charge in [0.2, 0.25) is 0 Å². The van der Waals surface area contributed by atoms with Crippen molar-refractivity contribution in [3.8, 4) is 27.3 Å². The van der Waals surface area contributed by atoms with E-state index in [9.17, 15) is 18.3 Å². The van der Waals surface area contributed by atoms with Crippen LogP contribution in [-0.2, 0) is 6.18 Å². The second-order valence-electron chi connectivity index (χ2n) is 6.24. The first-order chi connectivity index (χ1) is 13.3. The quantitative estimate of drug-likeness (QED) is 0.327. The summed E-state index contributed by atoms with van der Waals surface area (Å²) in [5, 5.41) is 13.1. The van der Waals surface area contributed by atoms with Gasteiger partial charge in [0.15, 0.2) is 0 Å². The molecule has 0 spiro atoms. The largest absolute Gasteiger partial charge is 0.506 e. The summed E-state index contributed by atoms with van der Waals surface area (Å²) in [5.41, 5.74) is 6.51. The minimum Gasteiger partial charge on any atom is -0.506 e. The van der Waals surface area contributed by atoms with E-state index >= 15 is 0 Å². The molecule has 142 valence electrons. The summed E-state index contributed by atoms with van der Waals surface area (Å²) in [6.45, 7) is 0. The summed E-state index contributed by atoms with van der Waals surface area (Å²) in [6, 6.07) is 17.2. The number of alkyl halides is 3. The number of nitrogens with two attached hydrogens (primary N) is 1. The first kappa shape index (κ1) is 18.8. The number of halogens is 4. The van der Waals surface area contributed by atoms with Crippen molar-refractivity contribution in [2.75, 3.05) is 5.73 Å². The lowest BCUT2D eigenvalue weighted by molar-refractivity contribution is -0.138. The van der Waals surface area contributed by atoms with Gasteiger partial charge in [-0.2, -0.15) is 13.2 Å². The van der Waals surface area contributed by atoms with E-state index in [0.717, 1.165) is 33.7 Å². The van der Waals surface area contributed by atoms with Crippen molar-refractivity contribution < 1.29 is 18.3 Å². The van der Waals surface area contributed by atoms with Crippen LogP contribution in [-0.4, -0.2) is 5.11 Å². The number of rotatable bonds is 2. The van der Waals surface area contributed by atoms with Gasteiger partial charge in [-0.3, -0.25) is 0 Å². The van der Waals surface area contributed by atoms with Gasteiger partial charge in [-0.1, -0.05) is 64.5 Å². The molecule has 2 nitrogen and oxygen atoms in total. The summed E-state index contributed by atoms with van der Waals surface area (Å²) in [6.07, 6.45) is -4.52. The average molecular weight is 464 g/mol. The van der Waals surface area contributed by atoms with Crippen molar-refractivity contribution in [2.45, 2.75) is 6.18 Å². The van der Waals surface area contributed by atoms with Gasteiger partial charge in [-0.15, -0.1) is 11.3 Å². The monoisotopic (exact) mass is 463 g/mol. The standard InChI is InChI=1S/C21H13BrF3NOS/c22-16-9-8-12(10-15(16)21(23,24)25)17-18(27)19(28-20(17)26)14-7-3-5-11-4-1-2-6-13(11)14/h1-10,27H,26H2. The van der Waals surface area contributed by atoms with Crippen LogP contribution in [0.3, 0.4) is 0 Å². The van der Waals surface area contributed by atoms with Gasteiger partial charge in [-0.05, 0) is 28.5 Å². The van der Waals surface area contributed by atoms with E-state index in [1.165, 1.54) is 12.1 Å². The molecule has 4 rings (SSSR count). The molecule has 0 aliphatic heterocycles. The molecule has 4 aromatic rings. The highest BCUT2D eigenvalue weighted by Crippen LogP contribution is 2.51. The van der Waals surface area contributed by atoms with Crippen LogP contribution in [0.15, 0.2) is 65.1 Å². The van der Waals surface area contributed by atoms with Crippen molar-refractivity contribution in [1.29, 1.82) is 0 Å². The van der Waals surface area contributed by atoms with E-state index in [1.807, 2.05) is 42.5 Å². The fourth-order valence-corrected chi connectivity index (χ4v) is 4.72. The first-order valence-corrected chi connectivity index (χ1v) is 9.85. The molecule has 0 saturated carbocycles. The molecule has 0 unspecified atom stereocenters. The third-order valence-corrected chi connectivity index (χ3v) is 6.24. The van der Waals surface area contributed by atoms with Crippen molar-refractivity contribution in [1.82, 2.24) is 0 Å². The molecular weight excluding hydrogens is 451 g/mol. The van der Waals surface area contributed by atoms with E-state index < -0.39 is 11.7 Å². The van der Waals surface area contributed by atoms with Crippen LogP contribution in [0, 0.1) is 0 Å². The molecule has 0 radical (unpaired) electrons. The summed E-state index contributed by atoms with van der Waals surface area (Å²) in [4.78, 5) is 0.528. The Labute approximate surface area is 171 Å². The molecule has 0 saturated heterocycles. The molecule has 3 aromatic carbocycles. The summed E-state index contributed by atoms with van der Waals surface area (Å²) in [5.74, 6) is -0.116.